The highest BCUT2D eigenvalue weighted by atomic mass is 15.2. The molecule has 2 aromatic heterocycles. The van der Waals surface area contributed by atoms with Crippen molar-refractivity contribution in [3.63, 3.8) is 0 Å². The van der Waals surface area contributed by atoms with Gasteiger partial charge in [0.25, 0.3) is 0 Å². The summed E-state index contributed by atoms with van der Waals surface area (Å²) in [6.07, 6.45) is 8.25. The number of hydrogen-bond donors (Lipinski definition) is 0. The van der Waals surface area contributed by atoms with Gasteiger partial charge in [0.2, 0.25) is 0 Å². The van der Waals surface area contributed by atoms with Crippen LogP contribution in [0.1, 0.15) is 36.1 Å². The standard InChI is InChI=1S/C20H19N5/c1-2-4-15(5-3-1)18-8-19(24-13-23-18)25-11-17(12-25)20-21-9-16(10-22-20)14-6-7-14/h1-5,8-10,13-14,17H,6-7,11-12H2. The summed E-state index contributed by atoms with van der Waals surface area (Å²) in [5.41, 5.74) is 3.37. The van der Waals surface area contributed by atoms with Crippen LogP contribution in [0.15, 0.2) is 55.1 Å². The number of anilines is 1. The van der Waals surface area contributed by atoms with Gasteiger partial charge in [-0.2, -0.15) is 0 Å². The van der Waals surface area contributed by atoms with Crippen molar-refractivity contribution in [3.05, 3.63) is 66.5 Å². The lowest BCUT2D eigenvalue weighted by molar-refractivity contribution is 0.495. The van der Waals surface area contributed by atoms with Gasteiger partial charge in [0.05, 0.1) is 11.6 Å². The number of benzene rings is 1. The lowest BCUT2D eigenvalue weighted by Gasteiger charge is -2.39. The molecule has 0 bridgehead atoms. The van der Waals surface area contributed by atoms with E-state index in [1.165, 1.54) is 18.4 Å². The van der Waals surface area contributed by atoms with Crippen molar-refractivity contribution >= 4 is 5.82 Å². The predicted octanol–water partition coefficient (Wildman–Crippen LogP) is 3.41. The molecule has 1 aliphatic heterocycles. The average Bonchev–Trinajstić information content (AvgIpc) is 3.47. The minimum atomic E-state index is 0.392. The second-order valence-corrected chi connectivity index (χ2v) is 6.88. The van der Waals surface area contributed by atoms with Crippen LogP contribution < -0.4 is 4.90 Å². The highest BCUT2D eigenvalue weighted by Gasteiger charge is 2.32. The topological polar surface area (TPSA) is 54.8 Å². The van der Waals surface area contributed by atoms with Gasteiger partial charge in [0.1, 0.15) is 18.0 Å². The summed E-state index contributed by atoms with van der Waals surface area (Å²) in [7, 11) is 0. The molecule has 124 valence electrons. The van der Waals surface area contributed by atoms with Crippen LogP contribution in [-0.2, 0) is 0 Å². The van der Waals surface area contributed by atoms with E-state index in [9.17, 15) is 0 Å². The third kappa shape index (κ3) is 2.86. The second kappa shape index (κ2) is 5.92. The normalized spacial score (nSPS) is 17.4. The Labute approximate surface area is 146 Å². The minimum Gasteiger partial charge on any atom is -0.355 e. The van der Waals surface area contributed by atoms with Gasteiger partial charge in [-0.25, -0.2) is 19.9 Å². The molecule has 5 rings (SSSR count). The zero-order chi connectivity index (χ0) is 16.6. The fourth-order valence-corrected chi connectivity index (χ4v) is 3.30. The van der Waals surface area contributed by atoms with Crippen molar-refractivity contribution in [2.24, 2.45) is 0 Å². The van der Waals surface area contributed by atoms with Crippen molar-refractivity contribution in [1.82, 2.24) is 19.9 Å². The molecule has 1 aliphatic carbocycles. The number of hydrogen-bond acceptors (Lipinski definition) is 5. The molecule has 3 heterocycles. The maximum atomic E-state index is 4.58. The highest BCUT2D eigenvalue weighted by Crippen LogP contribution is 2.39. The van der Waals surface area contributed by atoms with Crippen LogP contribution in [0.2, 0.25) is 0 Å². The van der Waals surface area contributed by atoms with E-state index in [0.717, 1.165) is 36.0 Å². The lowest BCUT2D eigenvalue weighted by atomic mass is 9.99. The van der Waals surface area contributed by atoms with Gasteiger partial charge in [0.15, 0.2) is 0 Å². The van der Waals surface area contributed by atoms with Crippen LogP contribution in [0.5, 0.6) is 0 Å². The van der Waals surface area contributed by atoms with E-state index in [4.69, 9.17) is 0 Å². The van der Waals surface area contributed by atoms with Gasteiger partial charge in [-0.05, 0) is 24.3 Å². The molecule has 0 unspecified atom stereocenters. The third-order valence-corrected chi connectivity index (χ3v) is 5.03. The van der Waals surface area contributed by atoms with Crippen LogP contribution in [0.3, 0.4) is 0 Å². The van der Waals surface area contributed by atoms with Gasteiger partial charge in [-0.15, -0.1) is 0 Å². The van der Waals surface area contributed by atoms with Crippen molar-refractivity contribution in [1.29, 1.82) is 0 Å². The fraction of sp³-hybridized carbons (Fsp3) is 0.300. The van der Waals surface area contributed by atoms with Gasteiger partial charge < -0.3 is 4.90 Å². The second-order valence-electron chi connectivity index (χ2n) is 6.88. The molecule has 3 aromatic rings. The molecular formula is C20H19N5. The van der Waals surface area contributed by atoms with Crippen LogP contribution in [-0.4, -0.2) is 33.0 Å². The van der Waals surface area contributed by atoms with Crippen molar-refractivity contribution < 1.29 is 0 Å². The minimum absolute atomic E-state index is 0.392. The Morgan fingerprint density at radius 3 is 2.32 bits per heavy atom. The molecule has 5 heteroatoms. The molecular weight excluding hydrogens is 310 g/mol. The van der Waals surface area contributed by atoms with Crippen LogP contribution in [0, 0.1) is 0 Å². The van der Waals surface area contributed by atoms with Crippen LogP contribution >= 0.6 is 0 Å². The first kappa shape index (κ1) is 14.5. The molecule has 1 saturated carbocycles. The quantitative estimate of drug-likeness (QED) is 0.734. The maximum absolute atomic E-state index is 4.58. The zero-order valence-corrected chi connectivity index (χ0v) is 13.9. The Morgan fingerprint density at radius 1 is 0.840 bits per heavy atom. The molecule has 0 amide bonds. The molecule has 0 atom stereocenters. The Bertz CT molecular complexity index is 868. The lowest BCUT2D eigenvalue weighted by Crippen LogP contribution is -2.46. The largest absolute Gasteiger partial charge is 0.355 e. The van der Waals surface area contributed by atoms with Gasteiger partial charge in [0, 0.05) is 37.1 Å². The predicted molar refractivity (Wildman–Crippen MR) is 96.4 cm³/mol. The molecule has 2 aliphatic rings. The number of rotatable bonds is 4. The van der Waals surface area contributed by atoms with Gasteiger partial charge >= 0.3 is 0 Å². The number of aromatic nitrogens is 4. The van der Waals surface area contributed by atoms with Gasteiger partial charge in [-0.1, -0.05) is 30.3 Å². The van der Waals surface area contributed by atoms with Gasteiger partial charge in [-0.3, -0.25) is 0 Å². The first-order valence-corrected chi connectivity index (χ1v) is 8.81. The van der Waals surface area contributed by atoms with Crippen LogP contribution in [0.4, 0.5) is 5.82 Å². The molecule has 2 fully saturated rings. The van der Waals surface area contributed by atoms with E-state index in [1.807, 2.05) is 30.6 Å². The molecule has 0 spiro atoms. The molecule has 0 N–H and O–H groups in total. The smallest absolute Gasteiger partial charge is 0.134 e. The average molecular weight is 329 g/mol. The summed E-state index contributed by atoms with van der Waals surface area (Å²) in [4.78, 5) is 20.3. The van der Waals surface area contributed by atoms with Crippen LogP contribution in [0.25, 0.3) is 11.3 Å². The molecule has 1 saturated heterocycles. The first-order chi connectivity index (χ1) is 12.4. The summed E-state index contributed by atoms with van der Waals surface area (Å²) in [5, 5.41) is 0. The Hall–Kier alpha value is -2.82. The van der Waals surface area contributed by atoms with E-state index in [1.54, 1.807) is 6.33 Å². The van der Waals surface area contributed by atoms with E-state index in [2.05, 4.69) is 43.0 Å². The molecule has 5 nitrogen and oxygen atoms in total. The molecule has 1 aromatic carbocycles. The molecule has 0 radical (unpaired) electrons. The fourth-order valence-electron chi connectivity index (χ4n) is 3.30. The summed E-state index contributed by atoms with van der Waals surface area (Å²) >= 11 is 0. The van der Waals surface area contributed by atoms with Crippen molar-refractivity contribution in [2.45, 2.75) is 24.7 Å². The van der Waals surface area contributed by atoms with Crippen molar-refractivity contribution in [3.8, 4) is 11.3 Å². The Balaban J connectivity index is 1.28. The van der Waals surface area contributed by atoms with E-state index in [-0.39, 0.29) is 0 Å². The Morgan fingerprint density at radius 2 is 1.60 bits per heavy atom. The van der Waals surface area contributed by atoms with E-state index in [0.29, 0.717) is 11.8 Å². The third-order valence-electron chi connectivity index (χ3n) is 5.03. The summed E-state index contributed by atoms with van der Waals surface area (Å²) in [5.74, 6) is 3.03. The van der Waals surface area contributed by atoms with E-state index >= 15 is 0 Å². The summed E-state index contributed by atoms with van der Waals surface area (Å²) < 4.78 is 0. The zero-order valence-electron chi connectivity index (χ0n) is 13.9. The highest BCUT2D eigenvalue weighted by molar-refractivity contribution is 5.62. The monoisotopic (exact) mass is 329 g/mol. The van der Waals surface area contributed by atoms with Crippen molar-refractivity contribution in [2.75, 3.05) is 18.0 Å². The summed E-state index contributed by atoms with van der Waals surface area (Å²) in [6.45, 7) is 1.82. The Kier molecular flexibility index (Phi) is 3.44. The maximum Gasteiger partial charge on any atom is 0.134 e. The SMILES string of the molecule is c1ccc(-c2cc(N3CC(c4ncc(C5CC5)cn4)C3)ncn2)cc1. The van der Waals surface area contributed by atoms with E-state index < -0.39 is 0 Å². The molecule has 25 heavy (non-hydrogen) atoms. The summed E-state index contributed by atoms with van der Waals surface area (Å²) in [6, 6.07) is 12.3. The number of nitrogens with zero attached hydrogens (tertiary/aromatic N) is 5. The first-order valence-electron chi connectivity index (χ1n) is 8.81.